The molecule has 1 heterocycles. The highest BCUT2D eigenvalue weighted by atomic mass is 16.4. The first-order valence-electron chi connectivity index (χ1n) is 5.47. The first kappa shape index (κ1) is 12.7. The topological polar surface area (TPSA) is 56.1 Å². The zero-order valence-corrected chi connectivity index (χ0v) is 9.94. The van der Waals surface area contributed by atoms with Gasteiger partial charge in [0.2, 0.25) is 0 Å². The average Bonchev–Trinajstić information content (AvgIpc) is 2.25. The molecule has 1 fully saturated rings. The molecule has 0 bridgehead atoms. The van der Waals surface area contributed by atoms with Gasteiger partial charge in [0.25, 0.3) is 0 Å². The van der Waals surface area contributed by atoms with Crippen LogP contribution in [-0.4, -0.2) is 59.9 Å². The highest BCUT2D eigenvalue weighted by molar-refractivity contribution is 5.95. The Morgan fingerprint density at radius 3 is 2.81 bits per heavy atom. The molecule has 1 N–H and O–H groups in total. The third kappa shape index (κ3) is 3.06. The normalized spacial score (nSPS) is 20.1. The van der Waals surface area contributed by atoms with Gasteiger partial charge in [0.1, 0.15) is 11.5 Å². The van der Waals surface area contributed by atoms with Crippen molar-refractivity contribution in [3.63, 3.8) is 0 Å². The number of carboxylic acids is 1. The maximum absolute atomic E-state index is 10.9. The molecule has 1 aliphatic heterocycles. The largest absolute Gasteiger partial charge is 0.477 e. The van der Waals surface area contributed by atoms with E-state index in [-0.39, 0.29) is 5.70 Å². The Kier molecular flexibility index (Phi) is 4.49. The van der Waals surface area contributed by atoms with Crippen molar-refractivity contribution in [3.05, 3.63) is 12.3 Å². The van der Waals surface area contributed by atoms with E-state index in [2.05, 4.69) is 16.5 Å². The van der Waals surface area contributed by atoms with Crippen molar-refractivity contribution in [2.45, 2.75) is 13.3 Å². The summed E-state index contributed by atoms with van der Waals surface area (Å²) in [5.74, 6) is -0.170. The first-order chi connectivity index (χ1) is 7.56. The highest BCUT2D eigenvalue weighted by Crippen LogP contribution is 2.10. The van der Waals surface area contributed by atoms with E-state index in [9.17, 15) is 4.79 Å². The van der Waals surface area contributed by atoms with Gasteiger partial charge in [0.15, 0.2) is 0 Å². The molecule has 90 valence electrons. The Bertz CT molecular complexity index is 312. The number of nitrogens with zero attached hydrogens (tertiary/aromatic N) is 3. The van der Waals surface area contributed by atoms with Crippen LogP contribution in [0, 0.1) is 0 Å². The number of aliphatic carboxylic acids is 1. The third-order valence-electron chi connectivity index (χ3n) is 2.52. The summed E-state index contributed by atoms with van der Waals surface area (Å²) in [6.45, 7) is 8.53. The van der Waals surface area contributed by atoms with Crippen molar-refractivity contribution in [2.75, 3.05) is 33.2 Å². The van der Waals surface area contributed by atoms with Gasteiger partial charge in [-0.25, -0.2) is 4.79 Å². The lowest BCUT2D eigenvalue weighted by molar-refractivity contribution is -0.134. The summed E-state index contributed by atoms with van der Waals surface area (Å²) < 4.78 is 0. The molecule has 0 aromatic heterocycles. The number of piperazine rings is 1. The summed E-state index contributed by atoms with van der Waals surface area (Å²) in [7, 11) is 2.00. The van der Waals surface area contributed by atoms with Crippen LogP contribution in [0.4, 0.5) is 0 Å². The molecular weight excluding hydrogens is 206 g/mol. The standard InChI is InChI=1S/C11H19N3O2/c1-4-5-12-10-8-13(3)6-7-14(10)9(2)11(15)16/h2,4-8H2,1,3H3,(H,15,16). The van der Waals surface area contributed by atoms with Gasteiger partial charge in [0.05, 0.1) is 6.54 Å². The van der Waals surface area contributed by atoms with Crippen molar-refractivity contribution in [2.24, 2.45) is 4.99 Å². The minimum absolute atomic E-state index is 0.114. The van der Waals surface area contributed by atoms with Crippen LogP contribution in [0.15, 0.2) is 17.3 Å². The Morgan fingerprint density at radius 2 is 2.25 bits per heavy atom. The molecule has 0 unspecified atom stereocenters. The summed E-state index contributed by atoms with van der Waals surface area (Å²) in [5, 5.41) is 8.93. The van der Waals surface area contributed by atoms with Crippen molar-refractivity contribution < 1.29 is 9.90 Å². The number of aliphatic imine (C=N–C) groups is 1. The lowest BCUT2D eigenvalue weighted by Gasteiger charge is -2.35. The molecule has 1 aliphatic rings. The second kappa shape index (κ2) is 5.65. The number of hydrogen-bond donors (Lipinski definition) is 1. The van der Waals surface area contributed by atoms with Crippen LogP contribution in [0.2, 0.25) is 0 Å². The van der Waals surface area contributed by atoms with Gasteiger partial charge in [0, 0.05) is 19.6 Å². The van der Waals surface area contributed by atoms with Gasteiger partial charge in [-0.2, -0.15) is 0 Å². The monoisotopic (exact) mass is 225 g/mol. The predicted molar refractivity (Wildman–Crippen MR) is 63.6 cm³/mol. The minimum Gasteiger partial charge on any atom is -0.477 e. The fraction of sp³-hybridized carbons (Fsp3) is 0.636. The van der Waals surface area contributed by atoms with Crippen LogP contribution in [0.25, 0.3) is 0 Å². The van der Waals surface area contributed by atoms with Gasteiger partial charge in [-0.15, -0.1) is 0 Å². The van der Waals surface area contributed by atoms with Gasteiger partial charge in [-0.05, 0) is 13.5 Å². The molecule has 0 aliphatic carbocycles. The van der Waals surface area contributed by atoms with Crippen molar-refractivity contribution in [1.29, 1.82) is 0 Å². The molecule has 0 spiro atoms. The molecule has 5 heteroatoms. The van der Waals surface area contributed by atoms with Crippen molar-refractivity contribution >= 4 is 11.8 Å². The van der Waals surface area contributed by atoms with Crippen molar-refractivity contribution in [1.82, 2.24) is 9.80 Å². The van der Waals surface area contributed by atoms with Gasteiger partial charge in [-0.3, -0.25) is 9.89 Å². The molecule has 0 aromatic carbocycles. The molecule has 0 amide bonds. The quantitative estimate of drug-likeness (QED) is 0.713. The van der Waals surface area contributed by atoms with E-state index in [4.69, 9.17) is 5.11 Å². The number of carboxylic acid groups (broad SMARTS) is 1. The molecular formula is C11H19N3O2. The molecule has 0 radical (unpaired) electrons. The second-order valence-electron chi connectivity index (χ2n) is 3.94. The molecule has 5 nitrogen and oxygen atoms in total. The van der Waals surface area contributed by atoms with Crippen LogP contribution in [0.1, 0.15) is 13.3 Å². The lowest BCUT2D eigenvalue weighted by atomic mass is 10.2. The van der Waals surface area contributed by atoms with Gasteiger partial charge in [-0.1, -0.05) is 13.5 Å². The van der Waals surface area contributed by atoms with Crippen LogP contribution in [0.3, 0.4) is 0 Å². The van der Waals surface area contributed by atoms with Crippen molar-refractivity contribution in [3.8, 4) is 0 Å². The smallest absolute Gasteiger partial charge is 0.351 e. The van der Waals surface area contributed by atoms with E-state index in [0.29, 0.717) is 13.1 Å². The maximum Gasteiger partial charge on any atom is 0.351 e. The summed E-state index contributed by atoms with van der Waals surface area (Å²) in [5.41, 5.74) is 0.114. The van der Waals surface area contributed by atoms with E-state index in [0.717, 1.165) is 25.3 Å². The predicted octanol–water partition coefficient (Wildman–Crippen LogP) is 0.641. The number of rotatable bonds is 4. The summed E-state index contributed by atoms with van der Waals surface area (Å²) in [6, 6.07) is 0. The average molecular weight is 225 g/mol. The zero-order chi connectivity index (χ0) is 12.1. The second-order valence-corrected chi connectivity index (χ2v) is 3.94. The molecule has 16 heavy (non-hydrogen) atoms. The van der Waals surface area contributed by atoms with Gasteiger partial charge >= 0.3 is 5.97 Å². The molecule has 1 rings (SSSR count). The Labute approximate surface area is 96.1 Å². The molecule has 0 saturated carbocycles. The van der Waals surface area contributed by atoms with Crippen LogP contribution >= 0.6 is 0 Å². The zero-order valence-electron chi connectivity index (χ0n) is 9.94. The summed E-state index contributed by atoms with van der Waals surface area (Å²) in [6.07, 6.45) is 0.959. The van der Waals surface area contributed by atoms with E-state index in [1.807, 2.05) is 14.0 Å². The van der Waals surface area contributed by atoms with Crippen LogP contribution < -0.4 is 0 Å². The molecule has 1 saturated heterocycles. The Morgan fingerprint density at radius 1 is 1.56 bits per heavy atom. The molecule has 0 aromatic rings. The number of hydrogen-bond acceptors (Lipinski definition) is 3. The fourth-order valence-electron chi connectivity index (χ4n) is 1.59. The minimum atomic E-state index is -0.978. The van der Waals surface area contributed by atoms with Gasteiger partial charge < -0.3 is 10.0 Å². The fourth-order valence-corrected chi connectivity index (χ4v) is 1.59. The third-order valence-corrected chi connectivity index (χ3v) is 2.52. The summed E-state index contributed by atoms with van der Waals surface area (Å²) >= 11 is 0. The highest BCUT2D eigenvalue weighted by Gasteiger charge is 2.24. The van der Waals surface area contributed by atoms with E-state index >= 15 is 0 Å². The number of likely N-dealkylation sites (N-methyl/N-ethyl adjacent to an activating group) is 1. The lowest BCUT2D eigenvalue weighted by Crippen LogP contribution is -2.49. The van der Waals surface area contributed by atoms with E-state index in [1.165, 1.54) is 0 Å². The maximum atomic E-state index is 10.9. The number of amidine groups is 1. The SMILES string of the molecule is C=C(C(=O)O)N1CCN(C)CC1=NCCC. The van der Waals surface area contributed by atoms with E-state index in [1.54, 1.807) is 4.90 Å². The Hall–Kier alpha value is -1.36. The van der Waals surface area contributed by atoms with Crippen LogP contribution in [-0.2, 0) is 4.79 Å². The number of carbonyl (C=O) groups is 1. The summed E-state index contributed by atoms with van der Waals surface area (Å²) in [4.78, 5) is 19.1. The Balaban J connectivity index is 2.80. The molecule has 0 atom stereocenters. The van der Waals surface area contributed by atoms with E-state index < -0.39 is 5.97 Å². The first-order valence-corrected chi connectivity index (χ1v) is 5.47. The van der Waals surface area contributed by atoms with Crippen LogP contribution in [0.5, 0.6) is 0 Å².